The fourth-order valence-corrected chi connectivity index (χ4v) is 3.47. The van der Waals surface area contributed by atoms with E-state index in [-0.39, 0.29) is 17.4 Å². The predicted octanol–water partition coefficient (Wildman–Crippen LogP) is 3.44. The van der Waals surface area contributed by atoms with E-state index in [1.165, 1.54) is 19.2 Å². The van der Waals surface area contributed by atoms with Crippen LogP contribution in [0.25, 0.3) is 0 Å². The average molecular weight is 336 g/mol. The molecule has 0 spiro atoms. The number of hydrogen-bond donors (Lipinski definition) is 2. The van der Waals surface area contributed by atoms with Gasteiger partial charge in [0.15, 0.2) is 6.10 Å². The third-order valence-corrected chi connectivity index (χ3v) is 4.98. The molecule has 1 aromatic carbocycles. The second kappa shape index (κ2) is 7.88. The van der Waals surface area contributed by atoms with Crippen molar-refractivity contribution in [3.8, 4) is 11.5 Å². The fourth-order valence-electron chi connectivity index (χ4n) is 3.47. The van der Waals surface area contributed by atoms with Gasteiger partial charge in [0.25, 0.3) is 0 Å². The first kappa shape index (κ1) is 18.6. The van der Waals surface area contributed by atoms with Crippen LogP contribution in [-0.2, 0) is 9.53 Å². The lowest BCUT2D eigenvalue weighted by atomic mass is 9.75. The molecule has 134 valence electrons. The van der Waals surface area contributed by atoms with Crippen molar-refractivity contribution in [3.05, 3.63) is 23.8 Å². The van der Waals surface area contributed by atoms with Gasteiger partial charge in [-0.2, -0.15) is 0 Å². The van der Waals surface area contributed by atoms with Gasteiger partial charge in [-0.1, -0.05) is 27.2 Å². The number of esters is 1. The largest absolute Gasteiger partial charge is 0.508 e. The number of benzene rings is 1. The van der Waals surface area contributed by atoms with Crippen LogP contribution in [0.2, 0.25) is 0 Å². The maximum Gasteiger partial charge on any atom is 0.340 e. The molecule has 0 heterocycles. The number of phenolic OH excluding ortho intramolecular Hbond substituents is 1. The van der Waals surface area contributed by atoms with Crippen molar-refractivity contribution in [2.75, 3.05) is 7.11 Å². The average Bonchev–Trinajstić information content (AvgIpc) is 2.54. The van der Waals surface area contributed by atoms with Gasteiger partial charge in [-0.25, -0.2) is 4.79 Å². The lowest BCUT2D eigenvalue weighted by molar-refractivity contribution is -0.166. The molecule has 0 aromatic heterocycles. The van der Waals surface area contributed by atoms with Gasteiger partial charge in [-0.3, -0.25) is 0 Å². The van der Waals surface area contributed by atoms with Crippen LogP contribution in [0.1, 0.15) is 51.7 Å². The first-order valence-corrected chi connectivity index (χ1v) is 8.59. The number of aromatic hydroxyl groups is 1. The van der Waals surface area contributed by atoms with E-state index in [9.17, 15) is 15.0 Å². The Bertz CT molecular complexity index is 569. The second-order valence-electron chi connectivity index (χ2n) is 7.13. The van der Waals surface area contributed by atoms with Crippen molar-refractivity contribution in [1.29, 1.82) is 0 Å². The topological polar surface area (TPSA) is 76.0 Å². The highest BCUT2D eigenvalue weighted by molar-refractivity contribution is 5.77. The highest BCUT2D eigenvalue weighted by Gasteiger charge is 2.35. The van der Waals surface area contributed by atoms with Crippen LogP contribution in [0.15, 0.2) is 18.2 Å². The van der Waals surface area contributed by atoms with Gasteiger partial charge in [0.1, 0.15) is 17.6 Å². The Morgan fingerprint density at radius 2 is 2.00 bits per heavy atom. The van der Waals surface area contributed by atoms with Gasteiger partial charge >= 0.3 is 5.97 Å². The quantitative estimate of drug-likeness (QED) is 0.806. The van der Waals surface area contributed by atoms with Gasteiger partial charge in [0.05, 0.1) is 7.11 Å². The molecule has 0 unspecified atom stereocenters. The zero-order valence-corrected chi connectivity index (χ0v) is 14.9. The molecule has 5 heteroatoms. The zero-order valence-electron chi connectivity index (χ0n) is 14.9. The van der Waals surface area contributed by atoms with Crippen molar-refractivity contribution in [3.63, 3.8) is 0 Å². The van der Waals surface area contributed by atoms with Crippen LogP contribution in [0.3, 0.4) is 0 Å². The Kier molecular flexibility index (Phi) is 6.10. The zero-order chi connectivity index (χ0) is 17.9. The first-order valence-electron chi connectivity index (χ1n) is 8.59. The Balaban J connectivity index is 2.12. The minimum absolute atomic E-state index is 0.101. The molecule has 2 N–H and O–H groups in total. The van der Waals surface area contributed by atoms with Crippen LogP contribution in [0, 0.1) is 17.8 Å². The molecule has 1 aromatic rings. The Labute approximate surface area is 143 Å². The molecule has 0 bridgehead atoms. The number of ether oxygens (including phenoxy) is 2. The van der Waals surface area contributed by atoms with Crippen LogP contribution >= 0.6 is 0 Å². The lowest BCUT2D eigenvalue weighted by Crippen LogP contribution is -2.37. The molecule has 5 nitrogen and oxygen atoms in total. The third kappa shape index (κ3) is 4.20. The van der Waals surface area contributed by atoms with E-state index in [1.807, 2.05) is 0 Å². The molecule has 2 rings (SSSR count). The second-order valence-corrected chi connectivity index (χ2v) is 7.13. The lowest BCUT2D eigenvalue weighted by Gasteiger charge is -2.37. The Hall–Kier alpha value is -1.75. The molecule has 0 radical (unpaired) electrons. The van der Waals surface area contributed by atoms with Crippen molar-refractivity contribution in [2.24, 2.45) is 17.8 Å². The normalized spacial score (nSPS) is 25.3. The molecule has 1 aliphatic carbocycles. The molecule has 24 heavy (non-hydrogen) atoms. The van der Waals surface area contributed by atoms with Gasteiger partial charge in [-0.05, 0) is 48.8 Å². The van der Waals surface area contributed by atoms with Gasteiger partial charge in [0, 0.05) is 5.56 Å². The summed E-state index contributed by atoms with van der Waals surface area (Å²) in [6.07, 6.45) is 1.26. The molecule has 1 fully saturated rings. The molecular weight excluding hydrogens is 308 g/mol. The van der Waals surface area contributed by atoms with Gasteiger partial charge in [-0.15, -0.1) is 0 Å². The predicted molar refractivity (Wildman–Crippen MR) is 90.8 cm³/mol. The summed E-state index contributed by atoms with van der Waals surface area (Å²) < 4.78 is 10.7. The summed E-state index contributed by atoms with van der Waals surface area (Å²) in [6, 6.07) is 4.41. The van der Waals surface area contributed by atoms with Gasteiger partial charge < -0.3 is 19.7 Å². The molecule has 1 saturated carbocycles. The Morgan fingerprint density at radius 3 is 2.62 bits per heavy atom. The first-order chi connectivity index (χ1) is 11.3. The van der Waals surface area contributed by atoms with Crippen LogP contribution in [0.5, 0.6) is 11.5 Å². The van der Waals surface area contributed by atoms with Crippen LogP contribution < -0.4 is 4.74 Å². The number of carbonyl (C=O) groups is 1. The molecule has 1 aliphatic rings. The summed E-state index contributed by atoms with van der Waals surface area (Å²) in [6.45, 7) is 6.42. The Morgan fingerprint density at radius 1 is 1.29 bits per heavy atom. The number of hydrogen-bond acceptors (Lipinski definition) is 5. The summed E-state index contributed by atoms with van der Waals surface area (Å²) in [5.41, 5.74) is 0.101. The number of carbonyl (C=O) groups excluding carboxylic acids is 1. The SMILES string of the molecule is COc1ccc(O)c([C@@H](O)C(=O)O[C@@H]2C[C@H](C)CC[C@H]2C(C)C)c1. The highest BCUT2D eigenvalue weighted by atomic mass is 16.6. The van der Waals surface area contributed by atoms with Crippen molar-refractivity contribution in [1.82, 2.24) is 0 Å². The number of phenols is 1. The summed E-state index contributed by atoms with van der Waals surface area (Å²) in [5.74, 6) is 0.802. The van der Waals surface area contributed by atoms with Crippen LogP contribution in [-0.4, -0.2) is 29.4 Å². The van der Waals surface area contributed by atoms with Gasteiger partial charge in [0.2, 0.25) is 0 Å². The minimum atomic E-state index is -1.52. The van der Waals surface area contributed by atoms with Crippen molar-refractivity contribution >= 4 is 5.97 Å². The maximum absolute atomic E-state index is 12.4. The van der Waals surface area contributed by atoms with E-state index in [2.05, 4.69) is 20.8 Å². The fraction of sp³-hybridized carbons (Fsp3) is 0.632. The van der Waals surface area contributed by atoms with E-state index in [4.69, 9.17) is 9.47 Å². The molecule has 0 amide bonds. The smallest absolute Gasteiger partial charge is 0.340 e. The van der Waals surface area contributed by atoms with Crippen molar-refractivity contribution in [2.45, 2.75) is 52.2 Å². The van der Waals surface area contributed by atoms with E-state index in [0.29, 0.717) is 23.5 Å². The number of methoxy groups -OCH3 is 1. The van der Waals surface area contributed by atoms with Crippen LogP contribution in [0.4, 0.5) is 0 Å². The van der Waals surface area contributed by atoms with E-state index in [1.54, 1.807) is 6.07 Å². The summed E-state index contributed by atoms with van der Waals surface area (Å²) in [7, 11) is 1.48. The van der Waals surface area contributed by atoms with Crippen molar-refractivity contribution < 1.29 is 24.5 Å². The maximum atomic E-state index is 12.4. The monoisotopic (exact) mass is 336 g/mol. The molecule has 4 atom stereocenters. The molecular formula is C19H28O5. The summed E-state index contributed by atoms with van der Waals surface area (Å²) in [4.78, 5) is 12.4. The van der Waals surface area contributed by atoms with E-state index in [0.717, 1.165) is 19.3 Å². The molecule has 0 aliphatic heterocycles. The number of aliphatic hydroxyl groups excluding tert-OH is 1. The summed E-state index contributed by atoms with van der Waals surface area (Å²) in [5, 5.41) is 20.2. The highest BCUT2D eigenvalue weighted by Crippen LogP contribution is 2.37. The summed E-state index contributed by atoms with van der Waals surface area (Å²) >= 11 is 0. The minimum Gasteiger partial charge on any atom is -0.508 e. The van der Waals surface area contributed by atoms with E-state index < -0.39 is 12.1 Å². The number of rotatable bonds is 5. The standard InChI is InChI=1S/C19H28O5/c1-11(2)14-7-5-12(3)9-17(14)24-19(22)18(21)15-10-13(23-4)6-8-16(15)20/h6,8,10-12,14,17-18,20-21H,5,7,9H2,1-4H3/t12-,14+,17-,18-/m1/s1. The molecule has 0 saturated heterocycles. The third-order valence-electron chi connectivity index (χ3n) is 4.98. The number of aliphatic hydroxyl groups is 1. The van der Waals surface area contributed by atoms with E-state index >= 15 is 0 Å².